The first-order chi connectivity index (χ1) is 9.00. The molecule has 1 aromatic carbocycles. The maximum absolute atomic E-state index is 12.0. The van der Waals surface area contributed by atoms with Crippen molar-refractivity contribution in [1.29, 1.82) is 0 Å². The Hall–Kier alpha value is -1.52. The van der Waals surface area contributed by atoms with E-state index in [1.807, 2.05) is 18.2 Å². The molecule has 0 saturated carbocycles. The van der Waals surface area contributed by atoms with Crippen LogP contribution in [0.15, 0.2) is 41.6 Å². The molecule has 0 radical (unpaired) electrons. The lowest BCUT2D eigenvalue weighted by atomic mass is 9.85. The summed E-state index contributed by atoms with van der Waals surface area (Å²) in [5, 5.41) is 5.13. The third-order valence-corrected chi connectivity index (χ3v) is 3.97. The summed E-state index contributed by atoms with van der Waals surface area (Å²) in [6.45, 7) is 1.36. The first-order valence-corrected chi connectivity index (χ1v) is 6.45. The van der Waals surface area contributed by atoms with Crippen molar-refractivity contribution in [3.63, 3.8) is 0 Å². The Morgan fingerprint density at radius 2 is 2.00 bits per heavy atom. The molecule has 1 aliphatic rings. The van der Waals surface area contributed by atoms with Gasteiger partial charge in [-0.05, 0) is 12.5 Å². The van der Waals surface area contributed by atoms with E-state index in [4.69, 9.17) is 23.2 Å². The molecule has 2 atom stereocenters. The molecule has 2 unspecified atom stereocenters. The quantitative estimate of drug-likeness (QED) is 0.825. The largest absolute Gasteiger partial charge is 0.328 e. The summed E-state index contributed by atoms with van der Waals surface area (Å²) < 4.78 is 0. The van der Waals surface area contributed by atoms with Crippen LogP contribution in [0.25, 0.3) is 0 Å². The lowest BCUT2D eigenvalue weighted by molar-refractivity contribution is -0.119. The van der Waals surface area contributed by atoms with Crippen LogP contribution < -0.4 is 10.6 Å². The van der Waals surface area contributed by atoms with Gasteiger partial charge in [-0.15, -0.1) is 11.6 Å². The summed E-state index contributed by atoms with van der Waals surface area (Å²) in [6.07, 6.45) is 0. The number of ketones is 1. The maximum atomic E-state index is 12.0. The summed E-state index contributed by atoms with van der Waals surface area (Å²) >= 11 is 12.1. The van der Waals surface area contributed by atoms with Crippen molar-refractivity contribution in [2.24, 2.45) is 0 Å². The molecular formula is C13H12Cl2N2O2. The maximum Gasteiger partial charge on any atom is 0.319 e. The number of urea groups is 1. The van der Waals surface area contributed by atoms with Gasteiger partial charge in [0.25, 0.3) is 0 Å². The smallest absolute Gasteiger partial charge is 0.319 e. The zero-order chi connectivity index (χ0) is 14.0. The second-order valence-corrected chi connectivity index (χ2v) is 5.05. The van der Waals surface area contributed by atoms with E-state index in [9.17, 15) is 9.59 Å². The Bertz CT molecular complexity index is 545. The Balaban J connectivity index is 2.55. The Morgan fingerprint density at radius 1 is 1.37 bits per heavy atom. The molecule has 19 heavy (non-hydrogen) atoms. The van der Waals surface area contributed by atoms with Crippen molar-refractivity contribution in [3.8, 4) is 0 Å². The van der Waals surface area contributed by atoms with E-state index < -0.39 is 16.9 Å². The van der Waals surface area contributed by atoms with Crippen LogP contribution in [0.4, 0.5) is 4.79 Å². The number of carbonyl (C=O) groups excluding carboxylic acids is 2. The van der Waals surface area contributed by atoms with Gasteiger partial charge in [-0.25, -0.2) is 4.79 Å². The molecule has 2 amide bonds. The van der Waals surface area contributed by atoms with E-state index in [1.165, 1.54) is 6.92 Å². The molecule has 1 fully saturated rings. The number of alkyl halides is 1. The van der Waals surface area contributed by atoms with Crippen molar-refractivity contribution in [3.05, 3.63) is 47.1 Å². The molecule has 1 aromatic rings. The number of nitrogens with one attached hydrogen (secondary N) is 2. The molecule has 6 heteroatoms. The minimum atomic E-state index is -1.43. The molecule has 4 nitrogen and oxygen atoms in total. The van der Waals surface area contributed by atoms with Gasteiger partial charge < -0.3 is 10.6 Å². The van der Waals surface area contributed by atoms with Gasteiger partial charge in [-0.3, -0.25) is 4.79 Å². The number of benzene rings is 1. The first-order valence-electron chi connectivity index (χ1n) is 5.63. The third kappa shape index (κ3) is 2.33. The van der Waals surface area contributed by atoms with Gasteiger partial charge >= 0.3 is 6.03 Å². The highest BCUT2D eigenvalue weighted by Crippen LogP contribution is 2.40. The fourth-order valence-corrected chi connectivity index (χ4v) is 2.66. The molecule has 0 spiro atoms. The van der Waals surface area contributed by atoms with E-state index in [2.05, 4.69) is 10.6 Å². The fraction of sp³-hybridized carbons (Fsp3) is 0.231. The molecule has 0 aliphatic carbocycles. The first kappa shape index (κ1) is 13.9. The highest BCUT2D eigenvalue weighted by molar-refractivity contribution is 6.39. The Morgan fingerprint density at radius 3 is 2.53 bits per heavy atom. The normalized spacial score (nSPS) is 28.7. The van der Waals surface area contributed by atoms with E-state index in [0.717, 1.165) is 11.1 Å². The monoisotopic (exact) mass is 298 g/mol. The van der Waals surface area contributed by atoms with E-state index in [1.54, 1.807) is 12.1 Å². The van der Waals surface area contributed by atoms with Gasteiger partial charge in [0.2, 0.25) is 0 Å². The number of hydrogen-bond acceptors (Lipinski definition) is 2. The molecule has 2 rings (SSSR count). The average Bonchev–Trinajstić information content (AvgIpc) is 2.41. The third-order valence-electron chi connectivity index (χ3n) is 3.07. The van der Waals surface area contributed by atoms with Crippen LogP contribution in [0, 0.1) is 0 Å². The van der Waals surface area contributed by atoms with E-state index in [0.29, 0.717) is 0 Å². The summed E-state index contributed by atoms with van der Waals surface area (Å²) in [6, 6.07) is 7.93. The summed E-state index contributed by atoms with van der Waals surface area (Å²) in [7, 11) is 0. The van der Waals surface area contributed by atoms with Crippen LogP contribution >= 0.6 is 23.2 Å². The summed E-state index contributed by atoms with van der Waals surface area (Å²) in [4.78, 5) is 22.2. The second kappa shape index (κ2) is 5.23. The van der Waals surface area contributed by atoms with Crippen molar-refractivity contribution in [2.45, 2.75) is 17.8 Å². The van der Waals surface area contributed by atoms with E-state index >= 15 is 0 Å². The number of rotatable bonds is 2. The van der Waals surface area contributed by atoms with Crippen molar-refractivity contribution >= 4 is 35.0 Å². The highest BCUT2D eigenvalue weighted by atomic mass is 35.5. The van der Waals surface area contributed by atoms with Gasteiger partial charge in [0, 0.05) is 5.54 Å². The lowest BCUT2D eigenvalue weighted by Crippen LogP contribution is -2.59. The highest BCUT2D eigenvalue weighted by Gasteiger charge is 2.50. The van der Waals surface area contributed by atoms with Crippen LogP contribution in [-0.2, 0) is 4.79 Å². The molecule has 0 aromatic heterocycles. The van der Waals surface area contributed by atoms with Gasteiger partial charge in [0.1, 0.15) is 0 Å². The predicted molar refractivity (Wildman–Crippen MR) is 74.1 cm³/mol. The summed E-state index contributed by atoms with van der Waals surface area (Å²) in [5.74, 6) is -0.303. The van der Waals surface area contributed by atoms with Crippen LogP contribution in [0.2, 0.25) is 0 Å². The summed E-state index contributed by atoms with van der Waals surface area (Å²) in [5.41, 5.74) is 2.04. The molecule has 1 saturated heterocycles. The SMILES string of the molecule is CC(=O)C1(Cl)/C(=C/Cl)NC(=O)NC1c1ccccc1. The van der Waals surface area contributed by atoms with Gasteiger partial charge in [-0.1, -0.05) is 41.9 Å². The standard InChI is InChI=1S/C13H12Cl2N2O2/c1-8(18)13(15)10(7-14)16-12(19)17-11(13)9-5-3-2-4-6-9/h2-7,11H,1H3,(H2,16,17,19)/b10-7-. The van der Waals surface area contributed by atoms with Crippen LogP contribution in [0.1, 0.15) is 18.5 Å². The number of carbonyl (C=O) groups is 2. The molecule has 100 valence electrons. The minimum Gasteiger partial charge on any atom is -0.328 e. The van der Waals surface area contributed by atoms with Crippen molar-refractivity contribution < 1.29 is 9.59 Å². The topological polar surface area (TPSA) is 58.2 Å². The molecule has 1 aliphatic heterocycles. The average molecular weight is 299 g/mol. The number of amides is 2. The number of halogens is 2. The van der Waals surface area contributed by atoms with Gasteiger partial charge in [-0.2, -0.15) is 0 Å². The van der Waals surface area contributed by atoms with Crippen LogP contribution in [-0.4, -0.2) is 16.7 Å². The van der Waals surface area contributed by atoms with Crippen molar-refractivity contribution in [1.82, 2.24) is 10.6 Å². The Kier molecular flexibility index (Phi) is 3.83. The second-order valence-electron chi connectivity index (χ2n) is 4.23. The molecular weight excluding hydrogens is 287 g/mol. The number of Topliss-reactive ketones (excluding diaryl/α,β-unsaturated/α-hetero) is 1. The molecule has 2 N–H and O–H groups in total. The van der Waals surface area contributed by atoms with Crippen LogP contribution in [0.3, 0.4) is 0 Å². The number of hydrogen-bond donors (Lipinski definition) is 2. The minimum absolute atomic E-state index is 0.181. The predicted octanol–water partition coefficient (Wildman–Crippen LogP) is 2.69. The zero-order valence-corrected chi connectivity index (χ0v) is 11.6. The van der Waals surface area contributed by atoms with Crippen LogP contribution in [0.5, 0.6) is 0 Å². The molecule has 0 bridgehead atoms. The lowest BCUT2D eigenvalue weighted by Gasteiger charge is -2.40. The Labute approximate surface area is 120 Å². The van der Waals surface area contributed by atoms with Gasteiger partial charge in [0.15, 0.2) is 10.7 Å². The molecule has 1 heterocycles. The van der Waals surface area contributed by atoms with Crippen molar-refractivity contribution in [2.75, 3.05) is 0 Å². The zero-order valence-electron chi connectivity index (χ0n) is 10.1. The van der Waals surface area contributed by atoms with Gasteiger partial charge in [0.05, 0.1) is 11.7 Å². The van der Waals surface area contributed by atoms with E-state index in [-0.39, 0.29) is 11.5 Å². The fourth-order valence-electron chi connectivity index (χ4n) is 2.09.